The van der Waals surface area contributed by atoms with Crippen molar-refractivity contribution in [2.45, 2.75) is 24.0 Å². The van der Waals surface area contributed by atoms with E-state index in [9.17, 15) is 9.59 Å². The van der Waals surface area contributed by atoms with E-state index in [1.165, 1.54) is 16.3 Å². The summed E-state index contributed by atoms with van der Waals surface area (Å²) in [7, 11) is 0. The maximum atomic E-state index is 13.1. The summed E-state index contributed by atoms with van der Waals surface area (Å²) in [5.41, 5.74) is 7.63. The van der Waals surface area contributed by atoms with Crippen molar-refractivity contribution in [2.24, 2.45) is 5.73 Å². The Labute approximate surface area is 204 Å². The molecule has 0 aliphatic carbocycles. The van der Waals surface area contributed by atoms with Crippen LogP contribution in [0.1, 0.15) is 11.4 Å². The Bertz CT molecular complexity index is 1550. The molecule has 0 bridgehead atoms. The van der Waals surface area contributed by atoms with Crippen LogP contribution in [0.2, 0.25) is 0 Å². The van der Waals surface area contributed by atoms with Crippen molar-refractivity contribution in [2.75, 3.05) is 0 Å². The van der Waals surface area contributed by atoms with Gasteiger partial charge in [-0.25, -0.2) is 4.98 Å². The molecule has 0 saturated heterocycles. The van der Waals surface area contributed by atoms with E-state index in [0.29, 0.717) is 40.0 Å². The minimum atomic E-state index is -0.610. The van der Waals surface area contributed by atoms with Crippen LogP contribution >= 0.6 is 11.8 Å². The van der Waals surface area contributed by atoms with Crippen molar-refractivity contribution in [3.05, 3.63) is 101 Å². The molecule has 174 valence electrons. The lowest BCUT2D eigenvalue weighted by atomic mass is 10.2. The van der Waals surface area contributed by atoms with Gasteiger partial charge in [-0.05, 0) is 29.8 Å². The third kappa shape index (κ3) is 4.82. The van der Waals surface area contributed by atoms with Crippen molar-refractivity contribution in [3.8, 4) is 11.4 Å². The maximum absolute atomic E-state index is 13.1. The van der Waals surface area contributed by atoms with Gasteiger partial charge in [0.05, 0.1) is 23.2 Å². The number of rotatable bonds is 8. The quantitative estimate of drug-likeness (QED) is 0.337. The first kappa shape index (κ1) is 22.5. The van der Waals surface area contributed by atoms with Gasteiger partial charge in [-0.2, -0.15) is 0 Å². The molecule has 3 heterocycles. The number of carbonyl (C=O) groups excluding carboxylic acids is 1. The Hall–Kier alpha value is -4.31. The molecule has 2 aromatic carbocycles. The Morgan fingerprint density at radius 3 is 2.51 bits per heavy atom. The summed E-state index contributed by atoms with van der Waals surface area (Å²) >= 11 is 1.39. The third-order valence-electron chi connectivity index (χ3n) is 5.41. The molecular formula is C25H21N7O2S. The van der Waals surface area contributed by atoms with Crippen molar-refractivity contribution < 1.29 is 4.79 Å². The molecule has 0 unspecified atom stereocenters. The van der Waals surface area contributed by atoms with Crippen molar-refractivity contribution in [1.82, 2.24) is 29.3 Å². The van der Waals surface area contributed by atoms with Crippen LogP contribution in [0.25, 0.3) is 22.3 Å². The van der Waals surface area contributed by atoms with Gasteiger partial charge in [0.15, 0.2) is 11.0 Å². The number of nitrogens with zero attached hydrogens (tertiary/aromatic N) is 6. The van der Waals surface area contributed by atoms with E-state index in [2.05, 4.69) is 20.2 Å². The summed E-state index contributed by atoms with van der Waals surface area (Å²) in [5, 5.41) is 9.93. The first-order chi connectivity index (χ1) is 17.1. The second kappa shape index (κ2) is 9.90. The zero-order valence-electron chi connectivity index (χ0n) is 18.6. The molecule has 0 fully saturated rings. The lowest BCUT2D eigenvalue weighted by molar-refractivity contribution is -0.118. The number of amides is 1. The van der Waals surface area contributed by atoms with Gasteiger partial charge in [0, 0.05) is 18.0 Å². The number of pyridine rings is 1. The molecule has 0 spiro atoms. The maximum Gasteiger partial charge on any atom is 0.261 e. The average Bonchev–Trinajstić information content (AvgIpc) is 3.28. The van der Waals surface area contributed by atoms with E-state index >= 15 is 0 Å². The first-order valence-electron chi connectivity index (χ1n) is 10.9. The zero-order chi connectivity index (χ0) is 24.2. The molecule has 0 atom stereocenters. The molecule has 35 heavy (non-hydrogen) atoms. The second-order valence-corrected chi connectivity index (χ2v) is 8.75. The number of aromatic nitrogens is 6. The van der Waals surface area contributed by atoms with Crippen LogP contribution in [-0.2, 0) is 23.6 Å². The van der Waals surface area contributed by atoms with Gasteiger partial charge in [0.25, 0.3) is 5.56 Å². The van der Waals surface area contributed by atoms with Gasteiger partial charge in [-0.3, -0.25) is 23.7 Å². The molecule has 1 amide bonds. The largest absolute Gasteiger partial charge is 0.368 e. The lowest BCUT2D eigenvalue weighted by Gasteiger charge is -2.13. The molecule has 9 nitrogen and oxygen atoms in total. The highest BCUT2D eigenvalue weighted by Crippen LogP contribution is 2.27. The Kier molecular flexibility index (Phi) is 6.36. The van der Waals surface area contributed by atoms with Gasteiger partial charge >= 0.3 is 0 Å². The van der Waals surface area contributed by atoms with E-state index < -0.39 is 5.91 Å². The van der Waals surface area contributed by atoms with Gasteiger partial charge in [0.1, 0.15) is 12.4 Å². The van der Waals surface area contributed by atoms with E-state index in [1.54, 1.807) is 30.6 Å². The van der Waals surface area contributed by atoms with Crippen LogP contribution in [0.3, 0.4) is 0 Å². The van der Waals surface area contributed by atoms with Crippen LogP contribution in [0, 0.1) is 0 Å². The lowest BCUT2D eigenvalue weighted by Crippen LogP contribution is -2.31. The van der Waals surface area contributed by atoms with Gasteiger partial charge in [-0.15, -0.1) is 10.2 Å². The molecule has 2 N–H and O–H groups in total. The zero-order valence-corrected chi connectivity index (χ0v) is 19.4. The summed E-state index contributed by atoms with van der Waals surface area (Å²) in [6.07, 6.45) is 3.45. The molecule has 0 aliphatic heterocycles. The van der Waals surface area contributed by atoms with Crippen LogP contribution < -0.4 is 11.3 Å². The van der Waals surface area contributed by atoms with Crippen molar-refractivity contribution >= 4 is 28.6 Å². The number of hydrogen-bond acceptors (Lipinski definition) is 7. The minimum Gasteiger partial charge on any atom is -0.368 e. The highest BCUT2D eigenvalue weighted by molar-refractivity contribution is 7.98. The summed E-state index contributed by atoms with van der Waals surface area (Å²) in [5.74, 6) is 0.814. The predicted octanol–water partition coefficient (Wildman–Crippen LogP) is 2.88. The average molecular weight is 484 g/mol. The third-order valence-corrected chi connectivity index (χ3v) is 6.37. The fraction of sp³-hybridized carbons (Fsp3) is 0.120. The van der Waals surface area contributed by atoms with Crippen LogP contribution in [0.5, 0.6) is 0 Å². The molecule has 10 heteroatoms. The Morgan fingerprint density at radius 2 is 1.74 bits per heavy atom. The first-order valence-corrected chi connectivity index (χ1v) is 11.9. The van der Waals surface area contributed by atoms with Crippen LogP contribution in [0.4, 0.5) is 0 Å². The second-order valence-electron chi connectivity index (χ2n) is 7.81. The number of benzene rings is 2. The normalized spacial score (nSPS) is 11.1. The Morgan fingerprint density at radius 1 is 0.943 bits per heavy atom. The predicted molar refractivity (Wildman–Crippen MR) is 134 cm³/mol. The molecule has 3 aromatic heterocycles. The van der Waals surface area contributed by atoms with E-state index in [0.717, 1.165) is 11.1 Å². The van der Waals surface area contributed by atoms with E-state index in [1.807, 2.05) is 53.1 Å². The summed E-state index contributed by atoms with van der Waals surface area (Å²) in [6, 6.07) is 20.8. The number of nitrogens with two attached hydrogens (primary N) is 1. The fourth-order valence-corrected chi connectivity index (χ4v) is 4.67. The van der Waals surface area contributed by atoms with Gasteiger partial charge in [0.2, 0.25) is 5.91 Å². The molecular weight excluding hydrogens is 462 g/mol. The highest BCUT2D eigenvalue weighted by Gasteiger charge is 2.18. The number of primary amides is 1. The van der Waals surface area contributed by atoms with Crippen LogP contribution in [-0.4, -0.2) is 35.2 Å². The number of thioether (sulfide) groups is 1. The van der Waals surface area contributed by atoms with E-state index in [-0.39, 0.29) is 12.1 Å². The topological polar surface area (TPSA) is 122 Å². The summed E-state index contributed by atoms with van der Waals surface area (Å²) < 4.78 is 3.34. The number of para-hydroxylation sites is 1. The molecule has 0 radical (unpaired) electrons. The monoisotopic (exact) mass is 483 g/mol. The Balaban J connectivity index is 1.53. The summed E-state index contributed by atoms with van der Waals surface area (Å²) in [6.45, 7) is 0.309. The molecule has 0 saturated carbocycles. The smallest absolute Gasteiger partial charge is 0.261 e. The highest BCUT2D eigenvalue weighted by atomic mass is 32.2. The number of hydrogen-bond donors (Lipinski definition) is 1. The van der Waals surface area contributed by atoms with Crippen molar-refractivity contribution in [3.63, 3.8) is 0 Å². The van der Waals surface area contributed by atoms with Crippen molar-refractivity contribution in [1.29, 1.82) is 0 Å². The molecule has 5 aromatic rings. The van der Waals surface area contributed by atoms with Crippen LogP contribution in [0.15, 0.2) is 89.1 Å². The summed E-state index contributed by atoms with van der Waals surface area (Å²) in [4.78, 5) is 33.6. The standard InChI is InChI=1S/C25H21N7O2S/c26-21(33)15-31-22(28-20-11-5-4-10-19(20)24(31)34)16-35-25-30-29-23(18-9-6-12-27-13-18)32(25)14-17-7-2-1-3-8-17/h1-13H,14-16H2,(H2,26,33). The molecule has 5 rings (SSSR count). The van der Waals surface area contributed by atoms with Gasteiger partial charge in [-0.1, -0.05) is 54.2 Å². The number of fused-ring (bicyclic) bond motifs is 1. The van der Waals surface area contributed by atoms with E-state index in [4.69, 9.17) is 5.73 Å². The minimum absolute atomic E-state index is 0.246. The fourth-order valence-electron chi connectivity index (χ4n) is 3.78. The molecule has 0 aliphatic rings. The SMILES string of the molecule is NC(=O)Cn1c(CSc2nnc(-c3cccnc3)n2Cc2ccccc2)nc2ccccc2c1=O. The number of carbonyl (C=O) groups is 1. The van der Waals surface area contributed by atoms with Gasteiger partial charge < -0.3 is 5.73 Å².